The van der Waals surface area contributed by atoms with Crippen molar-refractivity contribution in [3.63, 3.8) is 0 Å². The summed E-state index contributed by atoms with van der Waals surface area (Å²) in [4.78, 5) is 43.9. The van der Waals surface area contributed by atoms with E-state index in [0.717, 1.165) is 16.9 Å². The van der Waals surface area contributed by atoms with Crippen molar-refractivity contribution in [1.82, 2.24) is 15.2 Å². The van der Waals surface area contributed by atoms with Crippen molar-refractivity contribution in [2.75, 3.05) is 5.73 Å². The van der Waals surface area contributed by atoms with Gasteiger partial charge in [-0.1, -0.05) is 35.6 Å². The first-order valence-corrected chi connectivity index (χ1v) is 16.0. The van der Waals surface area contributed by atoms with Crippen molar-refractivity contribution in [1.29, 1.82) is 0 Å². The average Bonchev–Trinajstić information content (AvgIpc) is 3.50. The predicted octanol–water partition coefficient (Wildman–Crippen LogP) is 4.98. The van der Waals surface area contributed by atoms with E-state index in [1.807, 2.05) is 19.1 Å². The highest BCUT2D eigenvalue weighted by atomic mass is 32.1. The minimum atomic E-state index is -4.12. The number of benzene rings is 1. The molecule has 228 valence electrons. The number of hydrogen-bond acceptors (Lipinski definition) is 10. The lowest BCUT2D eigenvalue weighted by atomic mass is 10.0. The smallest absolute Gasteiger partial charge is 0.326 e. The zero-order valence-electron chi connectivity index (χ0n) is 25.4. The van der Waals surface area contributed by atoms with Crippen LogP contribution in [0.3, 0.4) is 0 Å². The summed E-state index contributed by atoms with van der Waals surface area (Å²) in [5, 5.41) is 5.86. The van der Waals surface area contributed by atoms with Crippen LogP contribution in [-0.4, -0.2) is 46.0 Å². The molecule has 3 aromatic rings. The highest BCUT2D eigenvalue weighted by molar-refractivity contribution is 7.67. The summed E-state index contributed by atoms with van der Waals surface area (Å²) in [6, 6.07) is 10.1. The van der Waals surface area contributed by atoms with Crippen LogP contribution in [-0.2, 0) is 23.6 Å². The van der Waals surface area contributed by atoms with Gasteiger partial charge < -0.3 is 19.6 Å². The van der Waals surface area contributed by atoms with Gasteiger partial charge in [0, 0.05) is 5.56 Å². The number of carbonyl (C=O) groups excluding carboxylic acids is 3. The van der Waals surface area contributed by atoms with Crippen LogP contribution in [0.1, 0.15) is 76.2 Å². The van der Waals surface area contributed by atoms with Gasteiger partial charge in [0.15, 0.2) is 16.4 Å². The van der Waals surface area contributed by atoms with E-state index in [2.05, 4.69) is 15.2 Å². The van der Waals surface area contributed by atoms with Crippen molar-refractivity contribution in [2.45, 2.75) is 85.6 Å². The molecule has 0 saturated heterocycles. The summed E-state index contributed by atoms with van der Waals surface area (Å²) in [7, 11) is -4.12. The molecule has 1 aromatic carbocycles. The van der Waals surface area contributed by atoms with Gasteiger partial charge in [0.25, 0.3) is 7.44 Å². The first kappa shape index (κ1) is 33.2. The monoisotopic (exact) mass is 618 g/mol. The number of furan rings is 1. The zero-order chi connectivity index (χ0) is 31.6. The van der Waals surface area contributed by atoms with E-state index in [-0.39, 0.29) is 32.7 Å². The molecule has 4 N–H and O–H groups in total. The summed E-state index contributed by atoms with van der Waals surface area (Å²) in [5.74, 6) is -1.48. The molecular formula is C29H39N4O7PS. The van der Waals surface area contributed by atoms with Gasteiger partial charge in [-0.3, -0.25) is 18.9 Å². The van der Waals surface area contributed by atoms with Crippen molar-refractivity contribution in [3.05, 3.63) is 52.4 Å². The largest absolute Gasteiger partial charge is 0.462 e. The summed E-state index contributed by atoms with van der Waals surface area (Å²) >= 11 is 1.01. The molecule has 0 amide bonds. The molecule has 0 bridgehead atoms. The number of esters is 2. The van der Waals surface area contributed by atoms with Gasteiger partial charge in [-0.05, 0) is 80.0 Å². The molecule has 3 rings (SSSR count). The number of anilines is 1. The number of nitrogens with two attached hydrogens (primary N) is 1. The fraction of sp³-hybridized carbons (Fsp3) is 0.448. The summed E-state index contributed by atoms with van der Waals surface area (Å²) in [6.07, 6.45) is -0.837. The molecule has 42 heavy (non-hydrogen) atoms. The fourth-order valence-corrected chi connectivity index (χ4v) is 7.31. The Morgan fingerprint density at radius 1 is 0.929 bits per heavy atom. The molecule has 0 aliphatic carbocycles. The highest BCUT2D eigenvalue weighted by Crippen LogP contribution is 2.43. The lowest BCUT2D eigenvalue weighted by molar-refractivity contribution is -0.153. The second kappa shape index (κ2) is 12.5. The Morgan fingerprint density at radius 2 is 1.45 bits per heavy atom. The van der Waals surface area contributed by atoms with Crippen LogP contribution in [0.25, 0.3) is 11.5 Å². The maximum atomic E-state index is 14.7. The van der Waals surface area contributed by atoms with E-state index in [4.69, 9.17) is 19.6 Å². The van der Waals surface area contributed by atoms with Crippen LogP contribution in [0, 0.1) is 6.92 Å². The molecule has 11 nitrogen and oxygen atoms in total. The van der Waals surface area contributed by atoms with E-state index < -0.39 is 42.7 Å². The van der Waals surface area contributed by atoms with Crippen LogP contribution in [0.2, 0.25) is 0 Å². The Balaban J connectivity index is 2.09. The topological polar surface area (TPSA) is 163 Å². The van der Waals surface area contributed by atoms with Gasteiger partial charge in [-0.25, -0.2) is 15.2 Å². The van der Waals surface area contributed by atoms with E-state index in [0.29, 0.717) is 5.56 Å². The summed E-state index contributed by atoms with van der Waals surface area (Å²) in [6.45, 7) is 14.7. The van der Waals surface area contributed by atoms with Crippen LogP contribution >= 0.6 is 18.8 Å². The molecule has 0 aliphatic heterocycles. The molecule has 0 radical (unpaired) electrons. The first-order valence-electron chi connectivity index (χ1n) is 13.4. The van der Waals surface area contributed by atoms with E-state index in [1.54, 1.807) is 39.8 Å². The van der Waals surface area contributed by atoms with Gasteiger partial charge in [0.05, 0.1) is 12.2 Å². The molecule has 0 fully saturated rings. The number of nitrogens with zero attached hydrogens (tertiary/aromatic N) is 1. The number of aromatic nitrogens is 1. The first-order chi connectivity index (χ1) is 19.4. The number of ether oxygens (including phenoxy) is 2. The third-order valence-electron chi connectivity index (χ3n) is 5.96. The second-order valence-corrected chi connectivity index (χ2v) is 14.6. The standard InChI is InChI=1S/C29H39N4O7PS/c1-16(2)38-25(35)28(6,7)32-41(37,33-29(8,9)26(36)39-17(3)4)21-15-14-20(40-21)22-24(42-27(30)31-22)23(34)19-13-11-10-12-18(19)5/h10-17H,1-9H3,(H2,30,31)(H2,32,33,37). The molecule has 0 unspecified atom stereocenters. The predicted molar refractivity (Wildman–Crippen MR) is 163 cm³/mol. The van der Waals surface area contributed by atoms with E-state index in [9.17, 15) is 18.9 Å². The quantitative estimate of drug-likeness (QED) is 0.142. The Morgan fingerprint density at radius 3 is 1.95 bits per heavy atom. The summed E-state index contributed by atoms with van der Waals surface area (Å²) < 4.78 is 31.5. The van der Waals surface area contributed by atoms with Gasteiger partial charge in [0.2, 0.25) is 5.78 Å². The SMILES string of the molecule is Cc1ccccc1C(=O)c1sc(N)nc1-c1ccc(P(=O)(NC(C)(C)C(=O)OC(C)C)NC(C)(C)C(=O)OC(C)C)o1. The van der Waals surface area contributed by atoms with E-state index in [1.165, 1.54) is 39.8 Å². The normalized spacial score (nSPS) is 12.5. The van der Waals surface area contributed by atoms with Crippen LogP contribution < -0.4 is 21.4 Å². The maximum Gasteiger partial charge on any atom is 0.326 e. The van der Waals surface area contributed by atoms with Crippen molar-refractivity contribution < 1.29 is 32.8 Å². The molecule has 0 atom stereocenters. The maximum absolute atomic E-state index is 14.7. The molecule has 13 heteroatoms. The lowest BCUT2D eigenvalue weighted by Crippen LogP contribution is -2.55. The fourth-order valence-electron chi connectivity index (χ4n) is 3.97. The third-order valence-corrected chi connectivity index (χ3v) is 9.45. The van der Waals surface area contributed by atoms with Crippen LogP contribution in [0.15, 0.2) is 40.8 Å². The minimum absolute atomic E-state index is 0.116. The van der Waals surface area contributed by atoms with Crippen molar-refractivity contribution >= 4 is 47.1 Å². The molecule has 0 saturated carbocycles. The summed E-state index contributed by atoms with van der Waals surface area (Å²) in [5.41, 5.74) is 4.38. The molecule has 0 spiro atoms. The zero-order valence-corrected chi connectivity index (χ0v) is 27.1. The van der Waals surface area contributed by atoms with Crippen LogP contribution in [0.5, 0.6) is 0 Å². The van der Waals surface area contributed by atoms with E-state index >= 15 is 0 Å². The number of thiazole rings is 1. The second-order valence-electron chi connectivity index (χ2n) is 11.5. The van der Waals surface area contributed by atoms with Crippen molar-refractivity contribution in [2.24, 2.45) is 0 Å². The Hall–Kier alpha value is -3.31. The Kier molecular flexibility index (Phi) is 9.89. The van der Waals surface area contributed by atoms with Gasteiger partial charge in [0.1, 0.15) is 21.6 Å². The number of carbonyl (C=O) groups is 3. The van der Waals surface area contributed by atoms with Gasteiger partial charge in [-0.15, -0.1) is 0 Å². The molecule has 2 aromatic heterocycles. The molecular weight excluding hydrogens is 579 g/mol. The molecule has 2 heterocycles. The third kappa shape index (κ3) is 7.55. The number of aryl methyl sites for hydroxylation is 1. The minimum Gasteiger partial charge on any atom is -0.462 e. The lowest BCUT2D eigenvalue weighted by Gasteiger charge is -2.34. The van der Waals surface area contributed by atoms with Gasteiger partial charge >= 0.3 is 11.9 Å². The number of rotatable bonds is 12. The Bertz CT molecular complexity index is 1480. The number of ketones is 1. The van der Waals surface area contributed by atoms with Crippen molar-refractivity contribution in [3.8, 4) is 11.5 Å². The van der Waals surface area contributed by atoms with Crippen LogP contribution in [0.4, 0.5) is 5.13 Å². The number of hydrogen-bond donors (Lipinski definition) is 3. The number of nitrogen functional groups attached to an aromatic ring is 1. The molecule has 0 aliphatic rings. The Labute approximate surface area is 250 Å². The highest BCUT2D eigenvalue weighted by Gasteiger charge is 2.46. The average molecular weight is 619 g/mol. The van der Waals surface area contributed by atoms with Gasteiger partial charge in [-0.2, -0.15) is 0 Å². The number of nitrogens with one attached hydrogen (secondary N) is 2.